The smallest absolute Gasteiger partial charge is 0.337 e. The molecule has 0 aliphatic carbocycles. The van der Waals surface area contributed by atoms with Crippen molar-refractivity contribution in [1.82, 2.24) is 0 Å². The standard InChI is InChI=1S/C25H54O2Si/c1-5-7-9-11-13-14-15-16-17-19-21-23-25-28(26-3,27-4)24-22-20-18-12-10-8-6-2/h5-25H2,1-4H3. The first kappa shape index (κ1) is 28.1. The second kappa shape index (κ2) is 21.8. The predicted molar refractivity (Wildman–Crippen MR) is 128 cm³/mol. The molecule has 0 radical (unpaired) electrons. The molecule has 0 aromatic carbocycles. The molecule has 0 fully saturated rings. The largest absolute Gasteiger partial charge is 0.398 e. The van der Waals surface area contributed by atoms with Crippen LogP contribution in [-0.4, -0.2) is 22.8 Å². The summed E-state index contributed by atoms with van der Waals surface area (Å²) in [6.07, 6.45) is 26.5. The Kier molecular flexibility index (Phi) is 21.9. The molecule has 0 amide bonds. The van der Waals surface area contributed by atoms with Crippen molar-refractivity contribution in [2.75, 3.05) is 14.2 Å². The monoisotopic (exact) mass is 414 g/mol. The Labute approximate surface area is 179 Å². The Morgan fingerprint density at radius 3 is 0.893 bits per heavy atom. The molecule has 0 rings (SSSR count). The first-order valence-electron chi connectivity index (χ1n) is 12.8. The predicted octanol–water partition coefficient (Wildman–Crippen LogP) is 9.17. The van der Waals surface area contributed by atoms with E-state index in [4.69, 9.17) is 8.85 Å². The van der Waals surface area contributed by atoms with Crippen molar-refractivity contribution in [3.05, 3.63) is 0 Å². The van der Waals surface area contributed by atoms with E-state index in [1.165, 1.54) is 134 Å². The van der Waals surface area contributed by atoms with E-state index in [-0.39, 0.29) is 0 Å². The maximum atomic E-state index is 5.95. The summed E-state index contributed by atoms with van der Waals surface area (Å²) in [6, 6.07) is 2.37. The highest BCUT2D eigenvalue weighted by molar-refractivity contribution is 6.67. The maximum Gasteiger partial charge on any atom is 0.337 e. The van der Waals surface area contributed by atoms with Crippen LogP contribution in [0.5, 0.6) is 0 Å². The molecule has 0 aliphatic rings. The molecule has 0 atom stereocenters. The molecule has 0 saturated heterocycles. The van der Waals surface area contributed by atoms with Crippen molar-refractivity contribution in [3.63, 3.8) is 0 Å². The highest BCUT2D eigenvalue weighted by atomic mass is 28.4. The van der Waals surface area contributed by atoms with E-state index in [0.29, 0.717) is 0 Å². The lowest BCUT2D eigenvalue weighted by Crippen LogP contribution is -2.39. The van der Waals surface area contributed by atoms with Gasteiger partial charge in [0.05, 0.1) is 0 Å². The first-order valence-corrected chi connectivity index (χ1v) is 15.1. The molecule has 0 saturated carbocycles. The fraction of sp³-hybridized carbons (Fsp3) is 1.00. The molecule has 0 heterocycles. The summed E-state index contributed by atoms with van der Waals surface area (Å²) in [5, 5.41) is 0. The zero-order valence-corrected chi connectivity index (χ0v) is 21.2. The van der Waals surface area contributed by atoms with Crippen molar-refractivity contribution in [2.24, 2.45) is 0 Å². The zero-order valence-electron chi connectivity index (χ0n) is 20.2. The highest BCUT2D eigenvalue weighted by Gasteiger charge is 2.33. The molecule has 2 nitrogen and oxygen atoms in total. The molecule has 28 heavy (non-hydrogen) atoms. The van der Waals surface area contributed by atoms with E-state index in [9.17, 15) is 0 Å². The van der Waals surface area contributed by atoms with Crippen molar-refractivity contribution in [2.45, 2.75) is 148 Å². The fourth-order valence-corrected chi connectivity index (χ4v) is 7.01. The molecule has 0 aromatic heterocycles. The summed E-state index contributed by atoms with van der Waals surface area (Å²) >= 11 is 0. The summed E-state index contributed by atoms with van der Waals surface area (Å²) in [5.41, 5.74) is 0. The number of rotatable bonds is 23. The van der Waals surface area contributed by atoms with Crippen LogP contribution < -0.4 is 0 Å². The molecular weight excluding hydrogens is 360 g/mol. The Morgan fingerprint density at radius 2 is 0.643 bits per heavy atom. The van der Waals surface area contributed by atoms with Crippen molar-refractivity contribution >= 4 is 8.56 Å². The Bertz CT molecular complexity index is 292. The SMILES string of the molecule is CCCCCCCCCCCCCC[Si](CCCCCCCCC)(OC)OC. The van der Waals surface area contributed by atoms with Gasteiger partial charge in [0.25, 0.3) is 0 Å². The molecule has 0 aliphatic heterocycles. The third-order valence-electron chi connectivity index (χ3n) is 6.32. The van der Waals surface area contributed by atoms with Crippen LogP contribution in [0.3, 0.4) is 0 Å². The number of hydrogen-bond acceptors (Lipinski definition) is 2. The van der Waals surface area contributed by atoms with E-state index >= 15 is 0 Å². The highest BCUT2D eigenvalue weighted by Crippen LogP contribution is 2.25. The summed E-state index contributed by atoms with van der Waals surface area (Å²) in [4.78, 5) is 0. The Balaban J connectivity index is 3.61. The molecule has 0 bridgehead atoms. The molecule has 170 valence electrons. The van der Waals surface area contributed by atoms with Crippen LogP contribution in [-0.2, 0) is 8.85 Å². The Hall–Kier alpha value is 0.137. The molecule has 0 unspecified atom stereocenters. The van der Waals surface area contributed by atoms with E-state index in [1.807, 2.05) is 14.2 Å². The van der Waals surface area contributed by atoms with Crippen LogP contribution in [0.4, 0.5) is 0 Å². The molecule has 3 heteroatoms. The van der Waals surface area contributed by atoms with Gasteiger partial charge < -0.3 is 8.85 Å². The normalized spacial score (nSPS) is 12.0. The van der Waals surface area contributed by atoms with Crippen LogP contribution in [0.2, 0.25) is 12.1 Å². The van der Waals surface area contributed by atoms with E-state index < -0.39 is 8.56 Å². The number of hydrogen-bond donors (Lipinski definition) is 0. The van der Waals surface area contributed by atoms with Gasteiger partial charge in [0.1, 0.15) is 0 Å². The van der Waals surface area contributed by atoms with Crippen LogP contribution in [0, 0.1) is 0 Å². The second-order valence-corrected chi connectivity index (χ2v) is 12.5. The van der Waals surface area contributed by atoms with Gasteiger partial charge in [0.15, 0.2) is 0 Å². The van der Waals surface area contributed by atoms with Gasteiger partial charge in [-0.2, -0.15) is 0 Å². The van der Waals surface area contributed by atoms with Crippen LogP contribution in [0.15, 0.2) is 0 Å². The van der Waals surface area contributed by atoms with Crippen LogP contribution in [0.1, 0.15) is 136 Å². The first-order chi connectivity index (χ1) is 13.7. The van der Waals surface area contributed by atoms with E-state index in [0.717, 1.165) is 0 Å². The number of unbranched alkanes of at least 4 members (excludes halogenated alkanes) is 17. The minimum Gasteiger partial charge on any atom is -0.398 e. The third kappa shape index (κ3) is 17.0. The van der Waals surface area contributed by atoms with Gasteiger partial charge in [-0.3, -0.25) is 0 Å². The fourth-order valence-electron chi connectivity index (χ4n) is 4.20. The van der Waals surface area contributed by atoms with Gasteiger partial charge in [0.2, 0.25) is 0 Å². The average molecular weight is 415 g/mol. The van der Waals surface area contributed by atoms with Crippen molar-refractivity contribution < 1.29 is 8.85 Å². The zero-order chi connectivity index (χ0) is 20.8. The molecule has 0 spiro atoms. The molecule has 0 N–H and O–H groups in total. The van der Waals surface area contributed by atoms with Crippen LogP contribution >= 0.6 is 0 Å². The van der Waals surface area contributed by atoms with E-state index in [1.54, 1.807) is 0 Å². The van der Waals surface area contributed by atoms with Gasteiger partial charge in [-0.15, -0.1) is 0 Å². The van der Waals surface area contributed by atoms with Gasteiger partial charge in [0, 0.05) is 14.2 Å². The molecule has 0 aromatic rings. The summed E-state index contributed by atoms with van der Waals surface area (Å²) in [7, 11) is 1.86. The topological polar surface area (TPSA) is 18.5 Å². The van der Waals surface area contributed by atoms with Gasteiger partial charge >= 0.3 is 8.56 Å². The lowest BCUT2D eigenvalue weighted by Gasteiger charge is -2.27. The van der Waals surface area contributed by atoms with Crippen LogP contribution in [0.25, 0.3) is 0 Å². The summed E-state index contributed by atoms with van der Waals surface area (Å²) < 4.78 is 11.9. The minimum atomic E-state index is -1.92. The third-order valence-corrected chi connectivity index (χ3v) is 10.0. The van der Waals surface area contributed by atoms with Crippen molar-refractivity contribution in [3.8, 4) is 0 Å². The van der Waals surface area contributed by atoms with Gasteiger partial charge in [-0.05, 0) is 12.1 Å². The minimum absolute atomic E-state index is 1.19. The summed E-state index contributed by atoms with van der Waals surface area (Å²) in [6.45, 7) is 4.58. The quantitative estimate of drug-likeness (QED) is 0.122. The van der Waals surface area contributed by atoms with Gasteiger partial charge in [-0.25, -0.2) is 0 Å². The Morgan fingerprint density at radius 1 is 0.393 bits per heavy atom. The lowest BCUT2D eigenvalue weighted by molar-refractivity contribution is 0.238. The maximum absolute atomic E-state index is 5.95. The van der Waals surface area contributed by atoms with E-state index in [2.05, 4.69) is 13.8 Å². The average Bonchev–Trinajstić information content (AvgIpc) is 2.72. The lowest BCUT2D eigenvalue weighted by atomic mass is 10.1. The molecular formula is C25H54O2Si. The second-order valence-electron chi connectivity index (χ2n) is 8.83. The van der Waals surface area contributed by atoms with Gasteiger partial charge in [-0.1, -0.05) is 136 Å². The van der Waals surface area contributed by atoms with Crippen molar-refractivity contribution in [1.29, 1.82) is 0 Å². The summed E-state index contributed by atoms with van der Waals surface area (Å²) in [5.74, 6) is 0.